The van der Waals surface area contributed by atoms with E-state index in [1.54, 1.807) is 0 Å². The smallest absolute Gasteiger partial charge is 0.238 e. The third kappa shape index (κ3) is 4.36. The molecule has 0 aliphatic carbocycles. The summed E-state index contributed by atoms with van der Waals surface area (Å²) >= 11 is 3.50. The van der Waals surface area contributed by atoms with Crippen molar-refractivity contribution < 1.29 is 4.79 Å². The highest BCUT2D eigenvalue weighted by Gasteiger charge is 2.19. The summed E-state index contributed by atoms with van der Waals surface area (Å²) in [5, 5.41) is 2.98. The van der Waals surface area contributed by atoms with Gasteiger partial charge in [0.05, 0.1) is 6.54 Å². The molecule has 0 aromatic heterocycles. The lowest BCUT2D eigenvalue weighted by molar-refractivity contribution is -0.117. The molecule has 5 heteroatoms. The largest absolute Gasteiger partial charge is 0.369 e. The molecule has 2 aromatic rings. The molecule has 1 aliphatic heterocycles. The molecule has 1 aliphatic rings. The number of halogens is 1. The lowest BCUT2D eigenvalue weighted by Crippen LogP contribution is -2.48. The van der Waals surface area contributed by atoms with Crippen LogP contribution in [0.3, 0.4) is 0 Å². The average molecular weight is 388 g/mol. The first-order valence-electron chi connectivity index (χ1n) is 8.20. The molecule has 1 saturated heterocycles. The van der Waals surface area contributed by atoms with Gasteiger partial charge in [-0.2, -0.15) is 0 Å². The normalized spacial score (nSPS) is 15.3. The number of hydrogen-bond acceptors (Lipinski definition) is 3. The topological polar surface area (TPSA) is 35.6 Å². The van der Waals surface area contributed by atoms with Gasteiger partial charge in [0.15, 0.2) is 0 Å². The Morgan fingerprint density at radius 2 is 1.79 bits per heavy atom. The summed E-state index contributed by atoms with van der Waals surface area (Å²) in [5.41, 5.74) is 3.25. The molecule has 0 bridgehead atoms. The first kappa shape index (κ1) is 17.0. The van der Waals surface area contributed by atoms with Gasteiger partial charge in [0.25, 0.3) is 0 Å². The predicted molar refractivity (Wildman–Crippen MR) is 103 cm³/mol. The number of nitrogens with one attached hydrogen (secondary N) is 1. The number of aryl methyl sites for hydroxylation is 1. The highest BCUT2D eigenvalue weighted by Crippen LogP contribution is 2.20. The number of amides is 1. The second kappa shape index (κ2) is 7.81. The predicted octanol–water partition coefficient (Wildman–Crippen LogP) is 3.52. The van der Waals surface area contributed by atoms with Crippen LogP contribution in [0.5, 0.6) is 0 Å². The minimum atomic E-state index is 0.0407. The molecule has 0 unspecified atom stereocenters. The molecular weight excluding hydrogens is 366 g/mol. The lowest BCUT2D eigenvalue weighted by atomic mass is 10.2. The summed E-state index contributed by atoms with van der Waals surface area (Å²) in [6, 6.07) is 16.3. The van der Waals surface area contributed by atoms with Crippen molar-refractivity contribution in [1.82, 2.24) is 4.90 Å². The Kier molecular flexibility index (Phi) is 5.53. The van der Waals surface area contributed by atoms with Crippen LogP contribution in [-0.4, -0.2) is 43.5 Å². The van der Waals surface area contributed by atoms with Crippen LogP contribution >= 0.6 is 15.9 Å². The number of rotatable bonds is 4. The highest BCUT2D eigenvalue weighted by atomic mass is 79.9. The van der Waals surface area contributed by atoms with Gasteiger partial charge in [-0.05, 0) is 36.8 Å². The van der Waals surface area contributed by atoms with Gasteiger partial charge in [0.2, 0.25) is 5.91 Å². The van der Waals surface area contributed by atoms with Crippen molar-refractivity contribution in [1.29, 1.82) is 0 Å². The van der Waals surface area contributed by atoms with Crippen LogP contribution in [0.1, 0.15) is 5.56 Å². The van der Waals surface area contributed by atoms with E-state index in [1.165, 1.54) is 5.69 Å². The van der Waals surface area contributed by atoms with E-state index in [1.807, 2.05) is 31.2 Å². The number of para-hydroxylation sites is 1. The maximum absolute atomic E-state index is 12.2. The van der Waals surface area contributed by atoms with Crippen LogP contribution in [0, 0.1) is 6.92 Å². The Morgan fingerprint density at radius 3 is 2.46 bits per heavy atom. The molecule has 1 fully saturated rings. The molecule has 24 heavy (non-hydrogen) atoms. The Labute approximate surface area is 151 Å². The molecule has 0 spiro atoms. The number of piperazine rings is 1. The minimum Gasteiger partial charge on any atom is -0.369 e. The maximum Gasteiger partial charge on any atom is 0.238 e. The fraction of sp³-hybridized carbons (Fsp3) is 0.316. The third-order valence-corrected chi connectivity index (χ3v) is 5.17. The van der Waals surface area contributed by atoms with Gasteiger partial charge in [0.1, 0.15) is 0 Å². The van der Waals surface area contributed by atoms with E-state index in [0.29, 0.717) is 6.54 Å². The molecule has 0 atom stereocenters. The van der Waals surface area contributed by atoms with Gasteiger partial charge >= 0.3 is 0 Å². The molecule has 0 radical (unpaired) electrons. The number of carbonyl (C=O) groups is 1. The van der Waals surface area contributed by atoms with E-state index in [4.69, 9.17) is 0 Å². The molecule has 2 aromatic carbocycles. The van der Waals surface area contributed by atoms with Crippen LogP contribution < -0.4 is 10.2 Å². The molecule has 126 valence electrons. The van der Waals surface area contributed by atoms with Crippen molar-refractivity contribution in [2.24, 2.45) is 0 Å². The third-order valence-electron chi connectivity index (χ3n) is 4.32. The van der Waals surface area contributed by atoms with E-state index < -0.39 is 0 Å². The van der Waals surface area contributed by atoms with Crippen molar-refractivity contribution >= 4 is 33.2 Å². The number of hydrogen-bond donors (Lipinski definition) is 1. The number of carbonyl (C=O) groups excluding carboxylic acids is 1. The Bertz CT molecular complexity index is 697. The van der Waals surface area contributed by atoms with E-state index >= 15 is 0 Å². The standard InChI is InChI=1S/C19H22BrN3O/c1-15-7-8-16(13-18(15)20)21-19(24)14-22-9-11-23(12-10-22)17-5-3-2-4-6-17/h2-8,13H,9-12,14H2,1H3,(H,21,24). The van der Waals surface area contributed by atoms with E-state index in [9.17, 15) is 4.79 Å². The summed E-state index contributed by atoms with van der Waals surface area (Å²) in [6.45, 7) is 6.18. The summed E-state index contributed by atoms with van der Waals surface area (Å²) in [4.78, 5) is 16.8. The van der Waals surface area contributed by atoms with Crippen LogP contribution in [0.4, 0.5) is 11.4 Å². The Hall–Kier alpha value is -1.85. The summed E-state index contributed by atoms with van der Waals surface area (Å²) < 4.78 is 1.01. The lowest BCUT2D eigenvalue weighted by Gasteiger charge is -2.35. The number of anilines is 2. The fourth-order valence-corrected chi connectivity index (χ4v) is 3.26. The molecule has 1 amide bonds. The van der Waals surface area contributed by atoms with Crippen LogP contribution in [0.15, 0.2) is 53.0 Å². The molecule has 4 nitrogen and oxygen atoms in total. The number of benzene rings is 2. The van der Waals surface area contributed by atoms with Gasteiger partial charge in [-0.25, -0.2) is 0 Å². The number of nitrogens with zero attached hydrogens (tertiary/aromatic N) is 2. The monoisotopic (exact) mass is 387 g/mol. The van der Waals surface area contributed by atoms with Gasteiger partial charge in [-0.1, -0.05) is 40.2 Å². The zero-order valence-electron chi connectivity index (χ0n) is 13.8. The van der Waals surface area contributed by atoms with E-state index in [0.717, 1.165) is 41.9 Å². The van der Waals surface area contributed by atoms with E-state index in [2.05, 4.69) is 55.3 Å². The summed E-state index contributed by atoms with van der Waals surface area (Å²) in [7, 11) is 0. The average Bonchev–Trinajstić information content (AvgIpc) is 2.59. The zero-order chi connectivity index (χ0) is 16.9. The molecule has 1 heterocycles. The molecule has 1 N–H and O–H groups in total. The Morgan fingerprint density at radius 1 is 1.08 bits per heavy atom. The quantitative estimate of drug-likeness (QED) is 0.871. The van der Waals surface area contributed by atoms with Crippen molar-refractivity contribution in [3.05, 3.63) is 58.6 Å². The SMILES string of the molecule is Cc1ccc(NC(=O)CN2CCN(c3ccccc3)CC2)cc1Br. The zero-order valence-corrected chi connectivity index (χ0v) is 15.4. The van der Waals surface area contributed by atoms with E-state index in [-0.39, 0.29) is 5.91 Å². The molecule has 3 rings (SSSR count). The van der Waals surface area contributed by atoms with Gasteiger partial charge in [-0.15, -0.1) is 0 Å². The molecular formula is C19H22BrN3O. The highest BCUT2D eigenvalue weighted by molar-refractivity contribution is 9.10. The van der Waals surface area contributed by atoms with Crippen molar-refractivity contribution in [2.75, 3.05) is 42.9 Å². The van der Waals surface area contributed by atoms with Crippen LogP contribution in [0.2, 0.25) is 0 Å². The first-order chi connectivity index (χ1) is 11.6. The van der Waals surface area contributed by atoms with Crippen LogP contribution in [-0.2, 0) is 4.79 Å². The first-order valence-corrected chi connectivity index (χ1v) is 8.99. The van der Waals surface area contributed by atoms with Gasteiger partial charge in [0, 0.05) is 42.0 Å². The van der Waals surface area contributed by atoms with Crippen molar-refractivity contribution in [3.8, 4) is 0 Å². The minimum absolute atomic E-state index is 0.0407. The van der Waals surface area contributed by atoms with Crippen molar-refractivity contribution in [2.45, 2.75) is 6.92 Å². The summed E-state index contributed by atoms with van der Waals surface area (Å²) in [5.74, 6) is 0.0407. The molecule has 0 saturated carbocycles. The Balaban J connectivity index is 1.49. The maximum atomic E-state index is 12.2. The van der Waals surface area contributed by atoms with Crippen molar-refractivity contribution in [3.63, 3.8) is 0 Å². The van der Waals surface area contributed by atoms with Gasteiger partial charge in [-0.3, -0.25) is 9.69 Å². The second-order valence-electron chi connectivity index (χ2n) is 6.11. The second-order valence-corrected chi connectivity index (χ2v) is 6.97. The van der Waals surface area contributed by atoms with Crippen LogP contribution in [0.25, 0.3) is 0 Å². The van der Waals surface area contributed by atoms with Gasteiger partial charge < -0.3 is 10.2 Å². The fourth-order valence-electron chi connectivity index (χ4n) is 2.88. The summed E-state index contributed by atoms with van der Waals surface area (Å²) in [6.07, 6.45) is 0.